The van der Waals surface area contributed by atoms with Crippen molar-refractivity contribution >= 4 is 17.4 Å². The van der Waals surface area contributed by atoms with Crippen LogP contribution in [0.3, 0.4) is 0 Å². The van der Waals surface area contributed by atoms with E-state index in [9.17, 15) is 4.39 Å². The monoisotopic (exact) mass is 512 g/mol. The van der Waals surface area contributed by atoms with Gasteiger partial charge in [0.2, 0.25) is 0 Å². The summed E-state index contributed by atoms with van der Waals surface area (Å²) in [6.45, 7) is 14.0. The number of allylic oxidation sites excluding steroid dienone is 1. The van der Waals surface area contributed by atoms with Crippen LogP contribution in [0.15, 0.2) is 53.4 Å². The molecule has 0 spiro atoms. The van der Waals surface area contributed by atoms with Crippen molar-refractivity contribution in [2.45, 2.75) is 58.4 Å². The highest BCUT2D eigenvalue weighted by Crippen LogP contribution is 2.33. The fraction of sp³-hybridized carbons (Fsp3) is 0.500. The number of amidine groups is 1. The molecule has 4 rings (SSSR count). The van der Waals surface area contributed by atoms with Gasteiger partial charge in [-0.1, -0.05) is 31.2 Å². The molecule has 36 heavy (non-hydrogen) atoms. The van der Waals surface area contributed by atoms with Crippen LogP contribution in [0.2, 0.25) is 5.02 Å². The van der Waals surface area contributed by atoms with Crippen LogP contribution >= 0.6 is 11.6 Å². The van der Waals surface area contributed by atoms with Crippen molar-refractivity contribution in [1.29, 1.82) is 0 Å². The van der Waals surface area contributed by atoms with Crippen molar-refractivity contribution in [3.05, 3.63) is 65.1 Å². The van der Waals surface area contributed by atoms with Crippen LogP contribution < -0.4 is 5.73 Å². The molecule has 2 aromatic rings. The average molecular weight is 513 g/mol. The maximum atomic E-state index is 14.2. The minimum absolute atomic E-state index is 0.133. The van der Waals surface area contributed by atoms with Gasteiger partial charge in [-0.3, -0.25) is 0 Å². The van der Waals surface area contributed by atoms with E-state index in [4.69, 9.17) is 22.3 Å². The summed E-state index contributed by atoms with van der Waals surface area (Å²) in [6.07, 6.45) is 8.98. The van der Waals surface area contributed by atoms with Gasteiger partial charge in [-0.05, 0) is 64.3 Å². The predicted molar refractivity (Wildman–Crippen MR) is 147 cm³/mol. The zero-order valence-corrected chi connectivity index (χ0v) is 22.3. The molecule has 2 saturated heterocycles. The Kier molecular flexibility index (Phi) is 8.86. The van der Waals surface area contributed by atoms with Crippen LogP contribution in [-0.2, 0) is 6.54 Å². The van der Waals surface area contributed by atoms with Crippen LogP contribution in [0.1, 0.15) is 57.7 Å². The van der Waals surface area contributed by atoms with Crippen LogP contribution in [-0.4, -0.2) is 57.9 Å². The smallest absolute Gasteiger partial charge is 0.142 e. The number of likely N-dealkylation sites (tertiary alicyclic amines) is 2. The van der Waals surface area contributed by atoms with Crippen LogP contribution in [0.25, 0.3) is 11.3 Å². The number of aromatic nitrogens is 2. The Labute approximate surface area is 219 Å². The van der Waals surface area contributed by atoms with Crippen LogP contribution in [0, 0.1) is 5.82 Å². The molecule has 0 saturated carbocycles. The molecule has 2 N–H and O–H groups in total. The number of benzene rings is 1. The summed E-state index contributed by atoms with van der Waals surface area (Å²) in [6, 6.07) is 4.94. The zero-order valence-electron chi connectivity index (χ0n) is 21.5. The summed E-state index contributed by atoms with van der Waals surface area (Å²) in [4.78, 5) is 14.2. The lowest BCUT2D eigenvalue weighted by Crippen LogP contribution is -2.34. The van der Waals surface area contributed by atoms with Gasteiger partial charge in [-0.15, -0.1) is 0 Å². The van der Waals surface area contributed by atoms with Crippen molar-refractivity contribution in [3.63, 3.8) is 0 Å². The van der Waals surface area contributed by atoms with E-state index in [0.717, 1.165) is 68.1 Å². The Morgan fingerprint density at radius 1 is 1.22 bits per heavy atom. The first-order valence-corrected chi connectivity index (χ1v) is 13.4. The lowest BCUT2D eigenvalue weighted by atomic mass is 9.94. The third kappa shape index (κ3) is 6.01. The molecule has 6 nitrogen and oxygen atoms in total. The molecule has 194 valence electrons. The molecule has 2 aliphatic rings. The molecule has 2 fully saturated rings. The van der Waals surface area contributed by atoms with Gasteiger partial charge in [0.1, 0.15) is 17.5 Å². The SMILES string of the molecule is C=CN=C(N)/C(CC)=C(\C)N1CCC(c2nc(-c3ccc(Cl)c(F)c3)cn2CCN2CCCC2)CC1. The van der Waals surface area contributed by atoms with E-state index in [2.05, 4.69) is 46.0 Å². The lowest BCUT2D eigenvalue weighted by Gasteiger charge is -2.35. The third-order valence-corrected chi connectivity index (χ3v) is 7.85. The van der Waals surface area contributed by atoms with E-state index in [0.29, 0.717) is 11.8 Å². The van der Waals surface area contributed by atoms with E-state index in [1.165, 1.54) is 43.9 Å². The zero-order chi connectivity index (χ0) is 25.7. The fourth-order valence-electron chi connectivity index (χ4n) is 5.45. The van der Waals surface area contributed by atoms with E-state index in [1.807, 2.05) is 6.07 Å². The van der Waals surface area contributed by atoms with Crippen molar-refractivity contribution in [3.8, 4) is 11.3 Å². The summed E-state index contributed by atoms with van der Waals surface area (Å²) >= 11 is 5.92. The number of hydrogen-bond acceptors (Lipinski definition) is 4. The molecule has 8 heteroatoms. The first-order valence-electron chi connectivity index (χ1n) is 13.0. The van der Waals surface area contributed by atoms with Gasteiger partial charge in [-0.2, -0.15) is 0 Å². The molecule has 1 aromatic carbocycles. The maximum absolute atomic E-state index is 14.2. The first-order chi connectivity index (χ1) is 17.4. The Hall–Kier alpha value is -2.64. The predicted octanol–water partition coefficient (Wildman–Crippen LogP) is 5.80. The van der Waals surface area contributed by atoms with Gasteiger partial charge < -0.3 is 20.1 Å². The third-order valence-electron chi connectivity index (χ3n) is 7.54. The topological polar surface area (TPSA) is 62.7 Å². The van der Waals surface area contributed by atoms with E-state index < -0.39 is 5.82 Å². The summed E-state index contributed by atoms with van der Waals surface area (Å²) in [5.74, 6) is 1.58. The highest BCUT2D eigenvalue weighted by Gasteiger charge is 2.27. The fourth-order valence-corrected chi connectivity index (χ4v) is 5.57. The second-order valence-electron chi connectivity index (χ2n) is 9.73. The normalized spacial score (nSPS) is 18.6. The second-order valence-corrected chi connectivity index (χ2v) is 10.1. The van der Waals surface area contributed by atoms with Gasteiger partial charge in [0.15, 0.2) is 0 Å². The van der Waals surface area contributed by atoms with E-state index in [-0.39, 0.29) is 5.02 Å². The Balaban J connectivity index is 1.54. The maximum Gasteiger partial charge on any atom is 0.142 e. The number of halogens is 2. The number of piperidine rings is 1. The molecule has 0 radical (unpaired) electrons. The Morgan fingerprint density at radius 3 is 2.58 bits per heavy atom. The summed E-state index contributed by atoms with van der Waals surface area (Å²) in [5.41, 5.74) is 10.0. The summed E-state index contributed by atoms with van der Waals surface area (Å²) in [7, 11) is 0. The Morgan fingerprint density at radius 2 is 1.94 bits per heavy atom. The molecule has 0 unspecified atom stereocenters. The first kappa shape index (κ1) is 26.4. The number of rotatable bonds is 9. The molecule has 0 aliphatic carbocycles. The van der Waals surface area contributed by atoms with Gasteiger partial charge in [-0.25, -0.2) is 14.4 Å². The quantitative estimate of drug-likeness (QED) is 0.340. The van der Waals surface area contributed by atoms with Gasteiger partial charge >= 0.3 is 0 Å². The van der Waals surface area contributed by atoms with Crippen molar-refractivity contribution in [2.75, 3.05) is 32.7 Å². The standard InChI is InChI=1S/C28H38ClFN6/c1-4-23(27(31)32-5-2)20(3)35-14-10-21(11-15-35)28-33-26(22-8-9-24(29)25(30)18-22)19-36(28)17-16-34-12-6-7-13-34/h5,8-9,18-19,21H,2,4,6-7,10-17H2,1,3H3,(H2,31,32)/b23-20+. The minimum Gasteiger partial charge on any atom is -0.383 e. The highest BCUT2D eigenvalue weighted by atomic mass is 35.5. The van der Waals surface area contributed by atoms with Crippen LogP contribution in [0.4, 0.5) is 4.39 Å². The highest BCUT2D eigenvalue weighted by molar-refractivity contribution is 6.30. The summed E-state index contributed by atoms with van der Waals surface area (Å²) in [5, 5.41) is 0.133. The molecular weight excluding hydrogens is 475 g/mol. The number of nitrogens with zero attached hydrogens (tertiary/aromatic N) is 5. The number of aliphatic imine (C=N–C) groups is 1. The van der Waals surface area contributed by atoms with Gasteiger partial charge in [0.25, 0.3) is 0 Å². The van der Waals surface area contributed by atoms with Crippen molar-refractivity contribution in [1.82, 2.24) is 19.4 Å². The van der Waals surface area contributed by atoms with Crippen molar-refractivity contribution < 1.29 is 4.39 Å². The minimum atomic E-state index is -0.413. The molecular formula is C28H38ClFN6. The number of imidazole rings is 1. The molecule has 3 heterocycles. The van der Waals surface area contributed by atoms with E-state index >= 15 is 0 Å². The van der Waals surface area contributed by atoms with Crippen molar-refractivity contribution in [2.24, 2.45) is 10.7 Å². The number of hydrogen-bond donors (Lipinski definition) is 1. The molecule has 0 amide bonds. The molecule has 0 atom stereocenters. The molecule has 0 bridgehead atoms. The number of nitrogens with two attached hydrogens (primary N) is 1. The molecule has 1 aromatic heterocycles. The second kappa shape index (κ2) is 12.1. The Bertz CT molecular complexity index is 1120. The van der Waals surface area contributed by atoms with Gasteiger partial charge in [0, 0.05) is 61.3 Å². The largest absolute Gasteiger partial charge is 0.383 e. The van der Waals surface area contributed by atoms with Gasteiger partial charge in [0.05, 0.1) is 10.7 Å². The average Bonchev–Trinajstić information content (AvgIpc) is 3.55. The molecule has 2 aliphatic heterocycles. The van der Waals surface area contributed by atoms with E-state index in [1.54, 1.807) is 6.07 Å². The van der Waals surface area contributed by atoms with Crippen LogP contribution in [0.5, 0.6) is 0 Å². The lowest BCUT2D eigenvalue weighted by molar-refractivity contribution is 0.252. The summed E-state index contributed by atoms with van der Waals surface area (Å²) < 4.78 is 16.5.